The number of amides is 1. The Morgan fingerprint density at radius 2 is 2.00 bits per heavy atom. The SMILES string of the molecule is CC(C)=CCN1C(=O)C(=O)c2cccc(C)c21. The van der Waals surface area contributed by atoms with Crippen molar-refractivity contribution in [2.75, 3.05) is 11.4 Å². The fraction of sp³-hybridized carbons (Fsp3) is 0.286. The number of carbonyl (C=O) groups excluding carboxylic acids is 2. The highest BCUT2D eigenvalue weighted by molar-refractivity contribution is 6.52. The van der Waals surface area contributed by atoms with Gasteiger partial charge in [0, 0.05) is 6.54 Å². The van der Waals surface area contributed by atoms with Crippen LogP contribution in [0.1, 0.15) is 29.8 Å². The first-order chi connectivity index (χ1) is 8.02. The Balaban J connectivity index is 2.47. The zero-order chi connectivity index (χ0) is 12.6. The number of ketones is 1. The molecule has 3 heteroatoms. The number of rotatable bonds is 2. The summed E-state index contributed by atoms with van der Waals surface area (Å²) >= 11 is 0. The molecule has 0 atom stereocenters. The highest BCUT2D eigenvalue weighted by Gasteiger charge is 2.35. The highest BCUT2D eigenvalue weighted by Crippen LogP contribution is 2.31. The summed E-state index contributed by atoms with van der Waals surface area (Å²) in [6, 6.07) is 5.44. The fourth-order valence-electron chi connectivity index (χ4n) is 1.99. The number of fused-ring (bicyclic) bond motifs is 1. The molecular formula is C14H15NO2. The van der Waals surface area contributed by atoms with E-state index in [1.165, 1.54) is 0 Å². The molecule has 0 spiro atoms. The van der Waals surface area contributed by atoms with E-state index in [0.717, 1.165) is 16.8 Å². The minimum Gasteiger partial charge on any atom is -0.301 e. The molecule has 1 aromatic carbocycles. The number of anilines is 1. The van der Waals surface area contributed by atoms with Gasteiger partial charge in [-0.15, -0.1) is 0 Å². The van der Waals surface area contributed by atoms with Gasteiger partial charge >= 0.3 is 0 Å². The van der Waals surface area contributed by atoms with Crippen LogP contribution in [0.3, 0.4) is 0 Å². The molecule has 1 heterocycles. The lowest BCUT2D eigenvalue weighted by molar-refractivity contribution is -0.114. The van der Waals surface area contributed by atoms with Gasteiger partial charge in [0.1, 0.15) is 0 Å². The average molecular weight is 229 g/mol. The molecule has 1 aliphatic rings. The van der Waals surface area contributed by atoms with Crippen LogP contribution in [0.25, 0.3) is 0 Å². The number of hydrogen-bond donors (Lipinski definition) is 0. The number of para-hydroxylation sites is 1. The van der Waals surface area contributed by atoms with Crippen LogP contribution < -0.4 is 4.90 Å². The number of Topliss-reactive ketones (excluding diaryl/α,β-unsaturated/α-hetero) is 1. The van der Waals surface area contributed by atoms with Crippen molar-refractivity contribution in [2.45, 2.75) is 20.8 Å². The first-order valence-corrected chi connectivity index (χ1v) is 5.61. The van der Waals surface area contributed by atoms with Crippen molar-refractivity contribution in [3.8, 4) is 0 Å². The molecule has 1 aliphatic heterocycles. The normalized spacial score (nSPS) is 13.9. The Morgan fingerprint density at radius 1 is 1.29 bits per heavy atom. The van der Waals surface area contributed by atoms with Crippen molar-refractivity contribution in [3.05, 3.63) is 41.0 Å². The molecule has 3 nitrogen and oxygen atoms in total. The van der Waals surface area contributed by atoms with E-state index < -0.39 is 11.7 Å². The van der Waals surface area contributed by atoms with Crippen LogP contribution in [-0.4, -0.2) is 18.2 Å². The molecule has 1 aromatic rings. The third kappa shape index (κ3) is 1.88. The van der Waals surface area contributed by atoms with Crippen LogP contribution in [0.15, 0.2) is 29.8 Å². The summed E-state index contributed by atoms with van der Waals surface area (Å²) in [5.41, 5.74) is 3.38. The molecule has 0 saturated heterocycles. The van der Waals surface area contributed by atoms with Gasteiger partial charge in [0.2, 0.25) is 0 Å². The van der Waals surface area contributed by atoms with Crippen LogP contribution in [0.4, 0.5) is 5.69 Å². The third-order valence-electron chi connectivity index (χ3n) is 2.87. The van der Waals surface area contributed by atoms with E-state index in [1.807, 2.05) is 39.0 Å². The second-order valence-electron chi connectivity index (χ2n) is 4.50. The minimum absolute atomic E-state index is 0.397. The zero-order valence-corrected chi connectivity index (χ0v) is 10.3. The molecule has 1 amide bonds. The lowest BCUT2D eigenvalue weighted by atomic mass is 10.1. The number of allylic oxidation sites excluding steroid dienone is 1. The van der Waals surface area contributed by atoms with Gasteiger partial charge in [-0.05, 0) is 32.4 Å². The number of benzene rings is 1. The molecule has 88 valence electrons. The van der Waals surface area contributed by atoms with E-state index in [0.29, 0.717) is 12.1 Å². The Labute approximate surface area is 101 Å². The second-order valence-corrected chi connectivity index (χ2v) is 4.50. The maximum atomic E-state index is 11.9. The summed E-state index contributed by atoms with van der Waals surface area (Å²) in [7, 11) is 0. The van der Waals surface area contributed by atoms with E-state index in [-0.39, 0.29) is 0 Å². The Bertz CT molecular complexity index is 525. The van der Waals surface area contributed by atoms with Gasteiger partial charge in [0.05, 0.1) is 11.3 Å². The maximum absolute atomic E-state index is 11.9. The highest BCUT2D eigenvalue weighted by atomic mass is 16.2. The summed E-state index contributed by atoms with van der Waals surface area (Å²) in [5.74, 6) is -0.822. The number of aryl methyl sites for hydroxylation is 1. The lowest BCUT2D eigenvalue weighted by Gasteiger charge is -2.16. The summed E-state index contributed by atoms with van der Waals surface area (Å²) in [6.07, 6.45) is 1.95. The standard InChI is InChI=1S/C14H15NO2/c1-9(2)7-8-15-12-10(3)5-4-6-11(12)13(16)14(15)17/h4-7H,8H2,1-3H3. The minimum atomic E-state index is -0.424. The Morgan fingerprint density at radius 3 is 2.65 bits per heavy atom. The molecule has 0 N–H and O–H groups in total. The Kier molecular flexibility index (Phi) is 2.84. The van der Waals surface area contributed by atoms with E-state index in [2.05, 4.69) is 0 Å². The van der Waals surface area contributed by atoms with Crippen molar-refractivity contribution >= 4 is 17.4 Å². The van der Waals surface area contributed by atoms with Crippen molar-refractivity contribution in [1.29, 1.82) is 0 Å². The first-order valence-electron chi connectivity index (χ1n) is 5.61. The summed E-state index contributed by atoms with van der Waals surface area (Å²) in [5, 5.41) is 0. The number of nitrogens with zero attached hydrogens (tertiary/aromatic N) is 1. The van der Waals surface area contributed by atoms with Crippen molar-refractivity contribution < 1.29 is 9.59 Å². The molecule has 0 unspecified atom stereocenters. The monoisotopic (exact) mass is 229 g/mol. The van der Waals surface area contributed by atoms with Crippen LogP contribution in [0, 0.1) is 6.92 Å². The van der Waals surface area contributed by atoms with Crippen molar-refractivity contribution in [1.82, 2.24) is 0 Å². The Hall–Kier alpha value is -1.90. The molecule has 2 rings (SSSR count). The molecule has 0 aliphatic carbocycles. The van der Waals surface area contributed by atoms with Crippen LogP contribution in [0.2, 0.25) is 0 Å². The maximum Gasteiger partial charge on any atom is 0.299 e. The van der Waals surface area contributed by atoms with Crippen LogP contribution in [-0.2, 0) is 4.79 Å². The summed E-state index contributed by atoms with van der Waals surface area (Å²) < 4.78 is 0. The van der Waals surface area contributed by atoms with Gasteiger partial charge in [-0.25, -0.2) is 0 Å². The summed E-state index contributed by atoms with van der Waals surface area (Å²) in [4.78, 5) is 25.2. The third-order valence-corrected chi connectivity index (χ3v) is 2.87. The van der Waals surface area contributed by atoms with E-state index >= 15 is 0 Å². The molecule has 0 radical (unpaired) electrons. The fourth-order valence-corrected chi connectivity index (χ4v) is 1.99. The van der Waals surface area contributed by atoms with E-state index in [1.54, 1.807) is 11.0 Å². The van der Waals surface area contributed by atoms with Crippen molar-refractivity contribution in [2.24, 2.45) is 0 Å². The number of hydrogen-bond acceptors (Lipinski definition) is 2. The zero-order valence-electron chi connectivity index (χ0n) is 10.3. The molecule has 0 bridgehead atoms. The topological polar surface area (TPSA) is 37.4 Å². The number of carbonyl (C=O) groups is 2. The van der Waals surface area contributed by atoms with Crippen LogP contribution >= 0.6 is 0 Å². The smallest absolute Gasteiger partial charge is 0.299 e. The molecule has 0 aromatic heterocycles. The summed E-state index contributed by atoms with van der Waals surface area (Å²) in [6.45, 7) is 6.33. The second kappa shape index (κ2) is 4.17. The van der Waals surface area contributed by atoms with Crippen LogP contribution in [0.5, 0.6) is 0 Å². The van der Waals surface area contributed by atoms with Gasteiger partial charge in [0.25, 0.3) is 11.7 Å². The van der Waals surface area contributed by atoms with Crippen molar-refractivity contribution in [3.63, 3.8) is 0 Å². The molecule has 17 heavy (non-hydrogen) atoms. The van der Waals surface area contributed by atoms with Gasteiger partial charge in [-0.3, -0.25) is 9.59 Å². The lowest BCUT2D eigenvalue weighted by Crippen LogP contribution is -2.30. The van der Waals surface area contributed by atoms with Gasteiger partial charge in [-0.1, -0.05) is 23.8 Å². The quantitative estimate of drug-likeness (QED) is 0.577. The van der Waals surface area contributed by atoms with E-state index in [4.69, 9.17) is 0 Å². The first kappa shape index (κ1) is 11.6. The predicted octanol–water partition coefficient (Wildman–Crippen LogP) is 2.49. The molecule has 0 saturated carbocycles. The van der Waals surface area contributed by atoms with Gasteiger partial charge in [-0.2, -0.15) is 0 Å². The van der Waals surface area contributed by atoms with Gasteiger partial charge < -0.3 is 4.90 Å². The van der Waals surface area contributed by atoms with E-state index in [9.17, 15) is 9.59 Å². The van der Waals surface area contributed by atoms with Gasteiger partial charge in [0.15, 0.2) is 0 Å². The average Bonchev–Trinajstić information content (AvgIpc) is 2.52. The molecule has 0 fully saturated rings. The predicted molar refractivity (Wildman–Crippen MR) is 67.3 cm³/mol. The largest absolute Gasteiger partial charge is 0.301 e. The molecular weight excluding hydrogens is 214 g/mol.